The van der Waals surface area contributed by atoms with E-state index in [0.29, 0.717) is 26.1 Å². The molecule has 0 heterocycles. The zero-order valence-corrected chi connectivity index (χ0v) is 8.90. The lowest BCUT2D eigenvalue weighted by Gasteiger charge is -2.23. The molecule has 0 radical (unpaired) electrons. The van der Waals surface area contributed by atoms with Crippen LogP contribution in [0.15, 0.2) is 0 Å². The van der Waals surface area contributed by atoms with E-state index in [9.17, 15) is 4.79 Å². The van der Waals surface area contributed by atoms with E-state index in [1.807, 2.05) is 6.92 Å². The summed E-state index contributed by atoms with van der Waals surface area (Å²) in [5.74, 6) is -0.126. The summed E-state index contributed by atoms with van der Waals surface area (Å²) < 4.78 is 4.84. The number of ether oxygens (including phenoxy) is 1. The van der Waals surface area contributed by atoms with E-state index in [-0.39, 0.29) is 12.5 Å². The molecular weight excluding hydrogens is 184 g/mol. The molecule has 5 heteroatoms. The molecule has 0 spiro atoms. The Morgan fingerprint density at radius 1 is 1.64 bits per heavy atom. The molecule has 0 rings (SSSR count). The van der Waals surface area contributed by atoms with Crippen molar-refractivity contribution in [2.75, 3.05) is 33.4 Å². The number of hydrogen-bond acceptors (Lipinski definition) is 4. The smallest absolute Gasteiger partial charge is 0.239 e. The van der Waals surface area contributed by atoms with Gasteiger partial charge in [-0.25, -0.2) is 0 Å². The number of carbonyl (C=O) groups is 1. The van der Waals surface area contributed by atoms with Crippen LogP contribution in [0.25, 0.3) is 0 Å². The third-order valence-electron chi connectivity index (χ3n) is 2.01. The van der Waals surface area contributed by atoms with E-state index < -0.39 is 6.04 Å². The lowest BCUT2D eigenvalue weighted by Crippen LogP contribution is -2.45. The predicted molar refractivity (Wildman–Crippen MR) is 53.8 cm³/mol. The Morgan fingerprint density at radius 3 is 2.71 bits per heavy atom. The SMILES string of the molecule is CCN(CCO)C(=O)C(N)CCOC. The monoisotopic (exact) mass is 204 g/mol. The average molecular weight is 204 g/mol. The fourth-order valence-electron chi connectivity index (χ4n) is 1.15. The summed E-state index contributed by atoms with van der Waals surface area (Å²) in [7, 11) is 1.57. The Morgan fingerprint density at radius 2 is 2.29 bits per heavy atom. The lowest BCUT2D eigenvalue weighted by atomic mass is 10.2. The first kappa shape index (κ1) is 13.4. The molecule has 0 bridgehead atoms. The van der Waals surface area contributed by atoms with Crippen LogP contribution in [0.3, 0.4) is 0 Å². The minimum Gasteiger partial charge on any atom is -0.395 e. The number of methoxy groups -OCH3 is 1. The van der Waals surface area contributed by atoms with Crippen molar-refractivity contribution in [3.05, 3.63) is 0 Å². The van der Waals surface area contributed by atoms with Gasteiger partial charge >= 0.3 is 0 Å². The van der Waals surface area contributed by atoms with E-state index in [1.165, 1.54) is 0 Å². The second-order valence-corrected chi connectivity index (χ2v) is 3.03. The van der Waals surface area contributed by atoms with Crippen LogP contribution in [-0.2, 0) is 9.53 Å². The Labute approximate surface area is 84.8 Å². The molecule has 0 saturated heterocycles. The summed E-state index contributed by atoms with van der Waals surface area (Å²) in [5, 5.41) is 8.72. The van der Waals surface area contributed by atoms with Crippen molar-refractivity contribution in [1.29, 1.82) is 0 Å². The van der Waals surface area contributed by atoms with Crippen molar-refractivity contribution in [3.8, 4) is 0 Å². The molecule has 0 aromatic rings. The number of nitrogens with two attached hydrogens (primary N) is 1. The topological polar surface area (TPSA) is 75.8 Å². The Hall–Kier alpha value is -0.650. The second-order valence-electron chi connectivity index (χ2n) is 3.03. The molecule has 0 aliphatic rings. The van der Waals surface area contributed by atoms with Gasteiger partial charge in [-0.05, 0) is 13.3 Å². The summed E-state index contributed by atoms with van der Waals surface area (Å²) in [4.78, 5) is 13.1. The van der Waals surface area contributed by atoms with Crippen molar-refractivity contribution in [3.63, 3.8) is 0 Å². The van der Waals surface area contributed by atoms with Gasteiger partial charge in [-0.3, -0.25) is 4.79 Å². The average Bonchev–Trinajstić information content (AvgIpc) is 2.21. The summed E-state index contributed by atoms with van der Waals surface area (Å²) in [6, 6.07) is -0.526. The zero-order valence-electron chi connectivity index (χ0n) is 8.90. The number of nitrogens with zero attached hydrogens (tertiary/aromatic N) is 1. The lowest BCUT2D eigenvalue weighted by molar-refractivity contribution is -0.133. The maximum atomic E-state index is 11.6. The van der Waals surface area contributed by atoms with Gasteiger partial charge in [-0.1, -0.05) is 0 Å². The molecule has 0 aromatic heterocycles. The Kier molecular flexibility index (Phi) is 7.37. The largest absolute Gasteiger partial charge is 0.395 e. The second kappa shape index (κ2) is 7.73. The summed E-state index contributed by atoms with van der Waals surface area (Å²) in [6.07, 6.45) is 0.511. The highest BCUT2D eigenvalue weighted by molar-refractivity contribution is 5.81. The van der Waals surface area contributed by atoms with Crippen molar-refractivity contribution < 1.29 is 14.6 Å². The summed E-state index contributed by atoms with van der Waals surface area (Å²) in [5.41, 5.74) is 5.66. The number of amides is 1. The number of aliphatic hydroxyl groups is 1. The van der Waals surface area contributed by atoms with Gasteiger partial charge in [-0.15, -0.1) is 0 Å². The molecule has 0 aliphatic heterocycles. The highest BCUT2D eigenvalue weighted by atomic mass is 16.5. The normalized spacial score (nSPS) is 12.6. The molecule has 1 atom stereocenters. The van der Waals surface area contributed by atoms with Crippen LogP contribution in [0, 0.1) is 0 Å². The van der Waals surface area contributed by atoms with Crippen LogP contribution in [-0.4, -0.2) is 55.4 Å². The molecule has 5 nitrogen and oxygen atoms in total. The third kappa shape index (κ3) is 4.55. The van der Waals surface area contributed by atoms with Crippen molar-refractivity contribution in [1.82, 2.24) is 4.90 Å². The van der Waals surface area contributed by atoms with Gasteiger partial charge in [0, 0.05) is 26.8 Å². The van der Waals surface area contributed by atoms with E-state index in [1.54, 1.807) is 12.0 Å². The van der Waals surface area contributed by atoms with Gasteiger partial charge in [0.05, 0.1) is 12.6 Å². The first-order valence-corrected chi connectivity index (χ1v) is 4.81. The van der Waals surface area contributed by atoms with Crippen LogP contribution in [0.5, 0.6) is 0 Å². The van der Waals surface area contributed by atoms with Gasteiger partial charge in [0.15, 0.2) is 0 Å². The molecule has 84 valence electrons. The third-order valence-corrected chi connectivity index (χ3v) is 2.01. The van der Waals surface area contributed by atoms with Crippen LogP contribution in [0.2, 0.25) is 0 Å². The molecule has 3 N–H and O–H groups in total. The molecule has 0 aromatic carbocycles. The molecule has 14 heavy (non-hydrogen) atoms. The maximum Gasteiger partial charge on any atom is 0.239 e. The first-order valence-electron chi connectivity index (χ1n) is 4.81. The minimum absolute atomic E-state index is 0.0312. The molecule has 0 fully saturated rings. The summed E-state index contributed by atoms with van der Waals surface area (Å²) in [6.45, 7) is 3.22. The zero-order chi connectivity index (χ0) is 11.0. The molecule has 0 saturated carbocycles. The van der Waals surface area contributed by atoms with Crippen molar-refractivity contribution >= 4 is 5.91 Å². The molecular formula is C9H20N2O3. The van der Waals surface area contributed by atoms with Crippen molar-refractivity contribution in [2.45, 2.75) is 19.4 Å². The first-order chi connectivity index (χ1) is 6.67. The Bertz CT molecular complexity index is 164. The van der Waals surface area contributed by atoms with Gasteiger partial charge in [0.25, 0.3) is 0 Å². The van der Waals surface area contributed by atoms with Crippen LogP contribution in [0.1, 0.15) is 13.3 Å². The number of aliphatic hydroxyl groups excluding tert-OH is 1. The van der Waals surface area contributed by atoms with E-state index in [2.05, 4.69) is 0 Å². The minimum atomic E-state index is -0.526. The van der Waals surface area contributed by atoms with E-state index in [0.717, 1.165) is 0 Å². The summed E-state index contributed by atoms with van der Waals surface area (Å²) >= 11 is 0. The number of carbonyl (C=O) groups excluding carboxylic acids is 1. The van der Waals surface area contributed by atoms with Gasteiger partial charge < -0.3 is 20.5 Å². The van der Waals surface area contributed by atoms with Gasteiger partial charge in [-0.2, -0.15) is 0 Å². The quantitative estimate of drug-likeness (QED) is 0.569. The highest BCUT2D eigenvalue weighted by Crippen LogP contribution is 1.97. The highest BCUT2D eigenvalue weighted by Gasteiger charge is 2.18. The number of rotatable bonds is 7. The standard InChI is InChI=1S/C9H20N2O3/c1-3-11(5-6-12)9(13)8(10)4-7-14-2/h8,12H,3-7,10H2,1-2H3. The van der Waals surface area contributed by atoms with E-state index >= 15 is 0 Å². The molecule has 1 amide bonds. The fraction of sp³-hybridized carbons (Fsp3) is 0.889. The fourth-order valence-corrected chi connectivity index (χ4v) is 1.15. The van der Waals surface area contributed by atoms with Crippen LogP contribution < -0.4 is 5.73 Å². The van der Waals surface area contributed by atoms with E-state index in [4.69, 9.17) is 15.6 Å². The molecule has 1 unspecified atom stereocenters. The number of hydrogen-bond donors (Lipinski definition) is 2. The maximum absolute atomic E-state index is 11.6. The molecule has 0 aliphatic carbocycles. The van der Waals surface area contributed by atoms with Crippen molar-refractivity contribution in [2.24, 2.45) is 5.73 Å². The number of likely N-dealkylation sites (N-methyl/N-ethyl adjacent to an activating group) is 1. The van der Waals surface area contributed by atoms with Crippen LogP contribution in [0.4, 0.5) is 0 Å². The predicted octanol–water partition coefficient (Wildman–Crippen LogP) is -0.809. The van der Waals surface area contributed by atoms with Gasteiger partial charge in [0.1, 0.15) is 0 Å². The Balaban J connectivity index is 3.99. The van der Waals surface area contributed by atoms with Gasteiger partial charge in [0.2, 0.25) is 5.91 Å². The van der Waals surface area contributed by atoms with Crippen LogP contribution >= 0.6 is 0 Å².